The Morgan fingerprint density at radius 1 is 1.40 bits per heavy atom. The molecular formula is C10H11N3OS. The van der Waals surface area contributed by atoms with Crippen molar-refractivity contribution in [3.05, 3.63) is 28.7 Å². The number of rotatable bonds is 3. The number of thiophene rings is 1. The molecule has 2 aromatic rings. The average molecular weight is 221 g/mol. The molecule has 0 bridgehead atoms. The van der Waals surface area contributed by atoms with E-state index < -0.39 is 0 Å². The van der Waals surface area contributed by atoms with Gasteiger partial charge in [0.1, 0.15) is 12.1 Å². The van der Waals surface area contributed by atoms with Crippen LogP contribution in [0.1, 0.15) is 4.88 Å². The van der Waals surface area contributed by atoms with Crippen LogP contribution in [0.25, 0.3) is 11.3 Å². The van der Waals surface area contributed by atoms with Crippen LogP contribution < -0.4 is 5.73 Å². The third-order valence-electron chi connectivity index (χ3n) is 1.92. The van der Waals surface area contributed by atoms with Gasteiger partial charge in [0, 0.05) is 29.0 Å². The van der Waals surface area contributed by atoms with Crippen LogP contribution in [0.15, 0.2) is 23.8 Å². The fourth-order valence-corrected chi connectivity index (χ4v) is 2.11. The maximum Gasteiger partial charge on any atom is 0.127 e. The molecule has 0 aromatic carbocycles. The van der Waals surface area contributed by atoms with E-state index in [2.05, 4.69) is 16.0 Å². The van der Waals surface area contributed by atoms with Crippen LogP contribution in [0.5, 0.6) is 0 Å². The molecular weight excluding hydrogens is 210 g/mol. The lowest BCUT2D eigenvalue weighted by Gasteiger charge is -1.96. The molecule has 15 heavy (non-hydrogen) atoms. The minimum atomic E-state index is 0.486. The van der Waals surface area contributed by atoms with Crippen molar-refractivity contribution in [3.8, 4) is 11.3 Å². The summed E-state index contributed by atoms with van der Waals surface area (Å²) in [5.74, 6) is 0.486. The highest BCUT2D eigenvalue weighted by atomic mass is 32.1. The second-order valence-corrected chi connectivity index (χ2v) is 4.06. The SMILES string of the molecule is COCc1cc(-c2cc(N)ncn2)cs1. The molecule has 2 N–H and O–H groups in total. The molecule has 0 fully saturated rings. The van der Waals surface area contributed by atoms with Crippen molar-refractivity contribution in [3.63, 3.8) is 0 Å². The lowest BCUT2D eigenvalue weighted by molar-refractivity contribution is 0.187. The summed E-state index contributed by atoms with van der Waals surface area (Å²) < 4.78 is 5.05. The molecule has 5 heteroatoms. The molecule has 0 radical (unpaired) electrons. The normalized spacial score (nSPS) is 10.5. The molecule has 0 atom stereocenters. The number of hydrogen-bond acceptors (Lipinski definition) is 5. The quantitative estimate of drug-likeness (QED) is 0.860. The maximum absolute atomic E-state index is 5.59. The lowest BCUT2D eigenvalue weighted by Crippen LogP contribution is -1.91. The van der Waals surface area contributed by atoms with Gasteiger partial charge in [-0.1, -0.05) is 0 Å². The Balaban J connectivity index is 2.29. The minimum Gasteiger partial charge on any atom is -0.384 e. The standard InChI is InChI=1S/C10H11N3OS/c1-14-4-8-2-7(5-15-8)9-3-10(11)13-6-12-9/h2-3,5-6H,4H2,1H3,(H2,11,12,13). The van der Waals surface area contributed by atoms with E-state index in [1.807, 2.05) is 5.38 Å². The van der Waals surface area contributed by atoms with Crippen LogP contribution >= 0.6 is 11.3 Å². The van der Waals surface area contributed by atoms with Gasteiger partial charge in [-0.3, -0.25) is 0 Å². The van der Waals surface area contributed by atoms with E-state index in [1.165, 1.54) is 11.2 Å². The number of anilines is 1. The first-order valence-corrected chi connectivity index (χ1v) is 5.32. The summed E-state index contributed by atoms with van der Waals surface area (Å²) in [5.41, 5.74) is 7.49. The highest BCUT2D eigenvalue weighted by Gasteiger charge is 2.04. The molecule has 0 aliphatic rings. The summed E-state index contributed by atoms with van der Waals surface area (Å²) in [6, 6.07) is 3.81. The fraction of sp³-hybridized carbons (Fsp3) is 0.200. The molecule has 0 aliphatic carbocycles. The topological polar surface area (TPSA) is 61.0 Å². The summed E-state index contributed by atoms with van der Waals surface area (Å²) in [6.07, 6.45) is 1.47. The molecule has 2 heterocycles. The zero-order chi connectivity index (χ0) is 10.7. The lowest BCUT2D eigenvalue weighted by atomic mass is 10.2. The molecule has 0 unspecified atom stereocenters. The van der Waals surface area contributed by atoms with Crippen molar-refractivity contribution in [1.29, 1.82) is 0 Å². The predicted octanol–water partition coefficient (Wildman–Crippen LogP) is 1.93. The van der Waals surface area contributed by atoms with Crippen molar-refractivity contribution in [2.24, 2.45) is 0 Å². The number of hydrogen-bond donors (Lipinski definition) is 1. The van der Waals surface area contributed by atoms with Gasteiger partial charge < -0.3 is 10.5 Å². The van der Waals surface area contributed by atoms with Crippen molar-refractivity contribution in [1.82, 2.24) is 9.97 Å². The Morgan fingerprint density at radius 2 is 2.27 bits per heavy atom. The van der Waals surface area contributed by atoms with E-state index in [4.69, 9.17) is 10.5 Å². The average Bonchev–Trinajstić information content (AvgIpc) is 2.67. The van der Waals surface area contributed by atoms with Gasteiger partial charge in [0.25, 0.3) is 0 Å². The number of nitrogens with zero attached hydrogens (tertiary/aromatic N) is 2. The first-order chi connectivity index (χ1) is 7.29. The summed E-state index contributed by atoms with van der Waals surface area (Å²) in [7, 11) is 1.68. The van der Waals surface area contributed by atoms with Gasteiger partial charge in [-0.25, -0.2) is 9.97 Å². The van der Waals surface area contributed by atoms with Crippen LogP contribution in [-0.2, 0) is 11.3 Å². The van der Waals surface area contributed by atoms with Crippen molar-refractivity contribution in [2.75, 3.05) is 12.8 Å². The van der Waals surface area contributed by atoms with Crippen LogP contribution in [0, 0.1) is 0 Å². The molecule has 0 saturated heterocycles. The van der Waals surface area contributed by atoms with E-state index in [-0.39, 0.29) is 0 Å². The van der Waals surface area contributed by atoms with E-state index >= 15 is 0 Å². The number of nitrogens with two attached hydrogens (primary N) is 1. The van der Waals surface area contributed by atoms with Gasteiger partial charge in [-0.05, 0) is 6.07 Å². The molecule has 0 aliphatic heterocycles. The van der Waals surface area contributed by atoms with Crippen LogP contribution in [0.3, 0.4) is 0 Å². The summed E-state index contributed by atoms with van der Waals surface area (Å²) >= 11 is 1.65. The maximum atomic E-state index is 5.59. The smallest absolute Gasteiger partial charge is 0.127 e. The van der Waals surface area contributed by atoms with Gasteiger partial charge in [-0.15, -0.1) is 11.3 Å². The Kier molecular flexibility index (Phi) is 2.94. The molecule has 78 valence electrons. The minimum absolute atomic E-state index is 0.486. The van der Waals surface area contributed by atoms with Crippen LogP contribution in [-0.4, -0.2) is 17.1 Å². The van der Waals surface area contributed by atoms with Gasteiger partial charge in [-0.2, -0.15) is 0 Å². The Hall–Kier alpha value is -1.46. The number of ether oxygens (including phenoxy) is 1. The Labute approximate surface area is 91.8 Å². The van der Waals surface area contributed by atoms with Crippen molar-refractivity contribution >= 4 is 17.2 Å². The number of aromatic nitrogens is 2. The highest BCUT2D eigenvalue weighted by molar-refractivity contribution is 7.10. The van der Waals surface area contributed by atoms with E-state index in [1.54, 1.807) is 24.5 Å². The zero-order valence-corrected chi connectivity index (χ0v) is 9.12. The molecule has 0 saturated carbocycles. The van der Waals surface area contributed by atoms with E-state index in [0.717, 1.165) is 11.3 Å². The van der Waals surface area contributed by atoms with E-state index in [0.29, 0.717) is 12.4 Å². The van der Waals surface area contributed by atoms with Crippen molar-refractivity contribution < 1.29 is 4.74 Å². The van der Waals surface area contributed by atoms with Crippen molar-refractivity contribution in [2.45, 2.75) is 6.61 Å². The first-order valence-electron chi connectivity index (χ1n) is 4.44. The summed E-state index contributed by atoms with van der Waals surface area (Å²) in [5, 5.41) is 2.04. The molecule has 4 nitrogen and oxygen atoms in total. The molecule has 2 rings (SSSR count). The van der Waals surface area contributed by atoms with Gasteiger partial charge >= 0.3 is 0 Å². The monoisotopic (exact) mass is 221 g/mol. The van der Waals surface area contributed by atoms with Gasteiger partial charge in [0.15, 0.2) is 0 Å². The largest absolute Gasteiger partial charge is 0.384 e. The zero-order valence-electron chi connectivity index (χ0n) is 8.30. The third-order valence-corrected chi connectivity index (χ3v) is 2.83. The highest BCUT2D eigenvalue weighted by Crippen LogP contribution is 2.24. The first kappa shape index (κ1) is 10.1. The van der Waals surface area contributed by atoms with E-state index in [9.17, 15) is 0 Å². The van der Waals surface area contributed by atoms with Gasteiger partial charge in [0.05, 0.1) is 12.3 Å². The third kappa shape index (κ3) is 2.31. The van der Waals surface area contributed by atoms with Crippen LogP contribution in [0.2, 0.25) is 0 Å². The second-order valence-electron chi connectivity index (χ2n) is 3.06. The van der Waals surface area contributed by atoms with Gasteiger partial charge in [0.2, 0.25) is 0 Å². The predicted molar refractivity (Wildman–Crippen MR) is 60.5 cm³/mol. The van der Waals surface area contributed by atoms with Crippen LogP contribution in [0.4, 0.5) is 5.82 Å². The Morgan fingerprint density at radius 3 is 3.00 bits per heavy atom. The molecule has 0 spiro atoms. The molecule has 0 amide bonds. The Bertz CT molecular complexity index is 455. The summed E-state index contributed by atoms with van der Waals surface area (Å²) in [6.45, 7) is 0.630. The fourth-order valence-electron chi connectivity index (χ4n) is 1.26. The number of methoxy groups -OCH3 is 1. The molecule has 2 aromatic heterocycles. The second kappa shape index (κ2) is 4.37. The number of nitrogen functional groups attached to an aromatic ring is 1. The summed E-state index contributed by atoms with van der Waals surface area (Å²) in [4.78, 5) is 9.18.